The van der Waals surface area contributed by atoms with Gasteiger partial charge in [0, 0.05) is 24.3 Å². The number of amides is 1. The number of benzene rings is 1. The van der Waals surface area contributed by atoms with Crippen molar-refractivity contribution in [2.75, 3.05) is 0 Å². The fourth-order valence-corrected chi connectivity index (χ4v) is 5.64. The topological polar surface area (TPSA) is 124 Å². The zero-order chi connectivity index (χ0) is 27.1. The van der Waals surface area contributed by atoms with E-state index in [1.165, 1.54) is 23.3 Å². The number of hydrogen-bond donors (Lipinski definition) is 2. The van der Waals surface area contributed by atoms with Crippen molar-refractivity contribution in [2.24, 2.45) is 0 Å². The average molecular weight is 555 g/mol. The van der Waals surface area contributed by atoms with Gasteiger partial charge in [-0.05, 0) is 31.4 Å². The summed E-state index contributed by atoms with van der Waals surface area (Å²) in [6.07, 6.45) is 3.04. The highest BCUT2D eigenvalue weighted by Gasteiger charge is 2.33. The van der Waals surface area contributed by atoms with Gasteiger partial charge in [0.05, 0.1) is 40.7 Å². The normalized spacial score (nSPS) is 19.6. The van der Waals surface area contributed by atoms with Crippen molar-refractivity contribution >= 4 is 28.3 Å². The smallest absolute Gasteiger partial charge is 0.280 e. The van der Waals surface area contributed by atoms with Gasteiger partial charge in [-0.1, -0.05) is 12.1 Å². The second-order valence-electron chi connectivity index (χ2n) is 9.19. The highest BCUT2D eigenvalue weighted by atomic mass is 32.1. The van der Waals surface area contributed by atoms with E-state index in [1.807, 2.05) is 4.57 Å². The molecule has 5 aromatic rings. The lowest BCUT2D eigenvalue weighted by molar-refractivity contribution is 0.0747. The second kappa shape index (κ2) is 10.2. The maximum absolute atomic E-state index is 15.0. The predicted octanol–water partition coefficient (Wildman–Crippen LogP) is 4.10. The highest BCUT2D eigenvalue weighted by Crippen LogP contribution is 2.37. The Balaban J connectivity index is 1.38. The number of fused-ring (bicyclic) bond motifs is 1. The molecule has 1 amide bonds. The Labute approximate surface area is 223 Å². The molecule has 10 nitrogen and oxygen atoms in total. The molecule has 0 aliphatic heterocycles. The fourth-order valence-electron chi connectivity index (χ4n) is 4.96. The SMILES string of the molecule is O=C(N[C@H]1C[C@H](O)C[C@@H](n2c(-c3ccccc3F)nc3cnc(-n4nccn4)cc32)C1)c1ncc(C(F)F)s1. The molecule has 6 rings (SSSR count). The summed E-state index contributed by atoms with van der Waals surface area (Å²) in [5.41, 5.74) is 1.41. The molecule has 14 heteroatoms. The van der Waals surface area contributed by atoms with Crippen LogP contribution in [0.2, 0.25) is 0 Å². The summed E-state index contributed by atoms with van der Waals surface area (Å²) < 4.78 is 42.8. The zero-order valence-electron chi connectivity index (χ0n) is 20.2. The van der Waals surface area contributed by atoms with Crippen molar-refractivity contribution < 1.29 is 23.1 Å². The number of thiazole rings is 1. The molecule has 2 N–H and O–H groups in total. The number of pyridine rings is 1. The van der Waals surface area contributed by atoms with E-state index in [0.717, 1.165) is 6.20 Å². The quantitative estimate of drug-likeness (QED) is 0.324. The summed E-state index contributed by atoms with van der Waals surface area (Å²) >= 11 is 0.627. The summed E-state index contributed by atoms with van der Waals surface area (Å²) in [6.45, 7) is 0. The molecular weight excluding hydrogens is 533 g/mol. The van der Waals surface area contributed by atoms with Gasteiger partial charge in [-0.2, -0.15) is 10.2 Å². The number of nitrogens with zero attached hydrogens (tertiary/aromatic N) is 7. The van der Waals surface area contributed by atoms with Crippen LogP contribution >= 0.6 is 11.3 Å². The predicted molar refractivity (Wildman–Crippen MR) is 135 cm³/mol. The molecule has 200 valence electrons. The number of carbonyl (C=O) groups is 1. The van der Waals surface area contributed by atoms with Crippen LogP contribution in [0.3, 0.4) is 0 Å². The van der Waals surface area contributed by atoms with E-state index < -0.39 is 36.3 Å². The van der Waals surface area contributed by atoms with Crippen LogP contribution in [0.15, 0.2) is 55.1 Å². The standard InChI is InChI=1S/C25H21F3N8O2S/c26-17-4-2-1-3-16(17)23-34-18-11-29-21(36-31-5-6-32-36)10-19(18)35(23)14-7-13(8-15(37)9-14)33-24(38)25-30-12-20(39-25)22(27)28/h1-6,10-15,22,37H,7-9H2,(H,33,38)/t13-,14+,15+/m1/s1. The van der Waals surface area contributed by atoms with Crippen molar-refractivity contribution in [2.45, 2.75) is 43.9 Å². The third-order valence-electron chi connectivity index (χ3n) is 6.59. The molecule has 3 atom stereocenters. The van der Waals surface area contributed by atoms with Gasteiger partial charge in [-0.25, -0.2) is 28.1 Å². The lowest BCUT2D eigenvalue weighted by Crippen LogP contribution is -2.43. The van der Waals surface area contributed by atoms with Gasteiger partial charge in [-0.3, -0.25) is 4.79 Å². The van der Waals surface area contributed by atoms with Crippen molar-refractivity contribution in [1.82, 2.24) is 39.8 Å². The number of hydrogen-bond acceptors (Lipinski definition) is 8. The molecule has 0 saturated heterocycles. The monoisotopic (exact) mass is 554 g/mol. The molecule has 1 aromatic carbocycles. The van der Waals surface area contributed by atoms with Gasteiger partial charge in [-0.15, -0.1) is 16.1 Å². The van der Waals surface area contributed by atoms with Crippen LogP contribution in [0.5, 0.6) is 0 Å². The minimum Gasteiger partial charge on any atom is -0.393 e. The molecular formula is C25H21F3N8O2S. The fraction of sp³-hybridized carbons (Fsp3) is 0.280. The Kier molecular flexibility index (Phi) is 6.56. The number of imidazole rings is 1. The minimum atomic E-state index is -2.72. The first kappa shape index (κ1) is 25.1. The molecule has 0 spiro atoms. The van der Waals surface area contributed by atoms with Crippen LogP contribution in [-0.2, 0) is 0 Å². The molecule has 4 aromatic heterocycles. The maximum atomic E-state index is 15.0. The maximum Gasteiger partial charge on any atom is 0.280 e. The van der Waals surface area contributed by atoms with Crippen LogP contribution in [0, 0.1) is 5.82 Å². The van der Waals surface area contributed by atoms with E-state index in [2.05, 4.69) is 30.5 Å². The van der Waals surface area contributed by atoms with Gasteiger partial charge in [0.1, 0.15) is 17.2 Å². The van der Waals surface area contributed by atoms with Crippen LogP contribution in [-0.4, -0.2) is 57.7 Å². The van der Waals surface area contributed by atoms with Gasteiger partial charge >= 0.3 is 0 Å². The molecule has 0 unspecified atom stereocenters. The Bertz CT molecular complexity index is 1640. The third kappa shape index (κ3) is 4.88. The zero-order valence-corrected chi connectivity index (χ0v) is 21.0. The number of halogens is 3. The number of carbonyl (C=O) groups excluding carboxylic acids is 1. The Morgan fingerprint density at radius 2 is 1.90 bits per heavy atom. The van der Waals surface area contributed by atoms with Crippen molar-refractivity contribution in [1.29, 1.82) is 0 Å². The molecule has 1 aliphatic rings. The number of alkyl halides is 2. The average Bonchev–Trinajstić information content (AvgIpc) is 3.68. The number of aromatic nitrogens is 7. The summed E-state index contributed by atoms with van der Waals surface area (Å²) in [5.74, 6) is -0.281. The van der Waals surface area contributed by atoms with Gasteiger partial charge < -0.3 is 15.0 Å². The first-order chi connectivity index (χ1) is 18.9. The Hall–Kier alpha value is -4.17. The van der Waals surface area contributed by atoms with Crippen LogP contribution in [0.1, 0.15) is 46.4 Å². The summed E-state index contributed by atoms with van der Waals surface area (Å²) in [7, 11) is 0. The molecule has 1 aliphatic carbocycles. The summed E-state index contributed by atoms with van der Waals surface area (Å²) in [4.78, 5) is 26.7. The number of aliphatic hydroxyl groups excluding tert-OH is 1. The molecule has 0 bridgehead atoms. The lowest BCUT2D eigenvalue weighted by Gasteiger charge is -2.34. The van der Waals surface area contributed by atoms with Crippen LogP contribution in [0.25, 0.3) is 28.2 Å². The van der Waals surface area contributed by atoms with Crippen molar-refractivity contribution in [3.8, 4) is 17.2 Å². The number of nitrogens with one attached hydrogen (secondary N) is 1. The van der Waals surface area contributed by atoms with Crippen LogP contribution in [0.4, 0.5) is 13.2 Å². The highest BCUT2D eigenvalue weighted by molar-refractivity contribution is 7.13. The number of aliphatic hydroxyl groups is 1. The van der Waals surface area contributed by atoms with Gasteiger partial charge in [0.2, 0.25) is 0 Å². The third-order valence-corrected chi connectivity index (χ3v) is 7.59. The Morgan fingerprint density at radius 3 is 2.64 bits per heavy atom. The lowest BCUT2D eigenvalue weighted by atomic mass is 9.88. The second-order valence-corrected chi connectivity index (χ2v) is 10.3. The largest absolute Gasteiger partial charge is 0.393 e. The first-order valence-electron chi connectivity index (χ1n) is 12.1. The molecule has 1 fully saturated rings. The van der Waals surface area contributed by atoms with E-state index in [9.17, 15) is 23.1 Å². The Morgan fingerprint density at radius 1 is 1.10 bits per heavy atom. The van der Waals surface area contributed by atoms with E-state index in [-0.39, 0.29) is 21.9 Å². The van der Waals surface area contributed by atoms with Crippen LogP contribution < -0.4 is 5.32 Å². The van der Waals surface area contributed by atoms with Crippen molar-refractivity contribution in [3.05, 3.63) is 70.8 Å². The molecule has 4 heterocycles. The molecule has 0 radical (unpaired) electrons. The number of rotatable bonds is 6. The first-order valence-corrected chi connectivity index (χ1v) is 12.9. The van der Waals surface area contributed by atoms with Gasteiger partial charge in [0.25, 0.3) is 12.3 Å². The van der Waals surface area contributed by atoms with E-state index in [4.69, 9.17) is 0 Å². The van der Waals surface area contributed by atoms with Gasteiger partial charge in [0.15, 0.2) is 10.8 Å². The molecule has 1 saturated carbocycles. The van der Waals surface area contributed by atoms with Crippen molar-refractivity contribution in [3.63, 3.8) is 0 Å². The van der Waals surface area contributed by atoms with E-state index >= 15 is 0 Å². The summed E-state index contributed by atoms with van der Waals surface area (Å²) in [5, 5.41) is 21.8. The van der Waals surface area contributed by atoms with E-state index in [0.29, 0.717) is 46.9 Å². The minimum absolute atomic E-state index is 0.0792. The summed E-state index contributed by atoms with van der Waals surface area (Å²) in [6, 6.07) is 7.11. The molecule has 39 heavy (non-hydrogen) atoms. The van der Waals surface area contributed by atoms with E-state index in [1.54, 1.807) is 30.5 Å².